The normalized spacial score (nSPS) is 15.8. The van der Waals surface area contributed by atoms with Crippen LogP contribution in [-0.2, 0) is 16.0 Å². The van der Waals surface area contributed by atoms with Crippen molar-refractivity contribution in [2.75, 3.05) is 20.2 Å². The first-order valence-corrected chi connectivity index (χ1v) is 9.82. The van der Waals surface area contributed by atoms with Gasteiger partial charge in [-0.3, -0.25) is 9.59 Å². The van der Waals surface area contributed by atoms with Crippen LogP contribution in [0, 0.1) is 5.82 Å². The van der Waals surface area contributed by atoms with Gasteiger partial charge in [0.1, 0.15) is 11.6 Å². The number of carbonyl (C=O) groups is 2. The summed E-state index contributed by atoms with van der Waals surface area (Å²) in [4.78, 5) is 27.9. The maximum absolute atomic E-state index is 13.9. The molecule has 1 aliphatic heterocycles. The van der Waals surface area contributed by atoms with Gasteiger partial charge < -0.3 is 14.5 Å². The average Bonchev–Trinajstić information content (AvgIpc) is 2.70. The molecule has 0 N–H and O–H groups in total. The maximum atomic E-state index is 13.9. The highest BCUT2D eigenvalue weighted by Gasteiger charge is 2.31. The van der Waals surface area contributed by atoms with E-state index in [4.69, 9.17) is 4.74 Å². The third-order valence-electron chi connectivity index (χ3n) is 5.44. The summed E-state index contributed by atoms with van der Waals surface area (Å²) in [6.45, 7) is 5.92. The third kappa shape index (κ3) is 4.58. The summed E-state index contributed by atoms with van der Waals surface area (Å²) in [5.74, 6) is 0.0450. The Kier molecular flexibility index (Phi) is 6.20. The number of rotatable bonds is 5. The largest absolute Gasteiger partial charge is 0.484 e. The maximum Gasteiger partial charge on any atom is 0.260 e. The second-order valence-corrected chi connectivity index (χ2v) is 7.67. The third-order valence-corrected chi connectivity index (χ3v) is 5.44. The number of amides is 2. The molecule has 0 aliphatic carbocycles. The molecule has 3 rings (SSSR count). The van der Waals surface area contributed by atoms with E-state index in [0.717, 1.165) is 17.5 Å². The molecular formula is C23H27FN2O3. The zero-order valence-corrected chi connectivity index (χ0v) is 17.3. The summed E-state index contributed by atoms with van der Waals surface area (Å²) in [6, 6.07) is 11.7. The van der Waals surface area contributed by atoms with Gasteiger partial charge in [-0.2, -0.15) is 0 Å². The van der Waals surface area contributed by atoms with E-state index >= 15 is 0 Å². The minimum absolute atomic E-state index is 0.0610. The number of fused-ring (bicyclic) bond motifs is 1. The standard InChI is InChI=1S/C23H27FN2O3/c1-15(2)25(4)22(28)14-29-20-9-8-17-10-11-26(16(3)27)23(21(17)13-20)18-6-5-7-19(24)12-18/h5-9,12-13,15,23H,10-11,14H2,1-4H3. The fourth-order valence-corrected chi connectivity index (χ4v) is 3.59. The smallest absolute Gasteiger partial charge is 0.260 e. The molecule has 0 spiro atoms. The van der Waals surface area contributed by atoms with Crippen LogP contribution in [0.1, 0.15) is 43.5 Å². The van der Waals surface area contributed by atoms with Crippen LogP contribution in [0.15, 0.2) is 42.5 Å². The van der Waals surface area contributed by atoms with E-state index in [2.05, 4.69) is 0 Å². The lowest BCUT2D eigenvalue weighted by Gasteiger charge is -2.37. The molecule has 2 amide bonds. The van der Waals surface area contributed by atoms with E-state index in [1.54, 1.807) is 22.9 Å². The van der Waals surface area contributed by atoms with Crippen molar-refractivity contribution in [1.29, 1.82) is 0 Å². The fourth-order valence-electron chi connectivity index (χ4n) is 3.59. The van der Waals surface area contributed by atoms with E-state index < -0.39 is 0 Å². The number of ether oxygens (including phenoxy) is 1. The van der Waals surface area contributed by atoms with Gasteiger partial charge in [0.15, 0.2) is 6.61 Å². The summed E-state index contributed by atoms with van der Waals surface area (Å²) in [7, 11) is 1.74. The average molecular weight is 398 g/mol. The number of halogens is 1. The molecule has 5 nitrogen and oxygen atoms in total. The van der Waals surface area contributed by atoms with Gasteiger partial charge in [-0.25, -0.2) is 4.39 Å². The lowest BCUT2D eigenvalue weighted by molar-refractivity contribution is -0.133. The number of nitrogens with zero attached hydrogens (tertiary/aromatic N) is 2. The number of hydrogen-bond donors (Lipinski definition) is 0. The summed E-state index contributed by atoms with van der Waals surface area (Å²) in [5, 5.41) is 0. The molecule has 0 aromatic heterocycles. The van der Waals surface area contributed by atoms with E-state index in [0.29, 0.717) is 17.9 Å². The molecule has 29 heavy (non-hydrogen) atoms. The van der Waals surface area contributed by atoms with Gasteiger partial charge >= 0.3 is 0 Å². The SMILES string of the molecule is CC(=O)N1CCc2ccc(OCC(=O)N(C)C(C)C)cc2C1c1cccc(F)c1. The van der Waals surface area contributed by atoms with E-state index in [9.17, 15) is 14.0 Å². The predicted octanol–water partition coefficient (Wildman–Crippen LogP) is 3.57. The van der Waals surface area contributed by atoms with Crippen molar-refractivity contribution in [3.63, 3.8) is 0 Å². The monoisotopic (exact) mass is 398 g/mol. The Morgan fingerprint density at radius 3 is 2.66 bits per heavy atom. The Morgan fingerprint density at radius 1 is 1.24 bits per heavy atom. The molecule has 1 atom stereocenters. The Morgan fingerprint density at radius 2 is 2.00 bits per heavy atom. The first-order valence-electron chi connectivity index (χ1n) is 9.82. The summed E-state index contributed by atoms with van der Waals surface area (Å²) in [5.41, 5.74) is 2.71. The van der Waals surface area contributed by atoms with Crippen LogP contribution >= 0.6 is 0 Å². The van der Waals surface area contributed by atoms with Gasteiger partial charge in [0.25, 0.3) is 5.91 Å². The molecule has 2 aromatic rings. The van der Waals surface area contributed by atoms with Crippen LogP contribution in [0.4, 0.5) is 4.39 Å². The van der Waals surface area contributed by atoms with Crippen molar-refractivity contribution < 1.29 is 18.7 Å². The van der Waals surface area contributed by atoms with Crippen LogP contribution in [0.2, 0.25) is 0 Å². The van der Waals surface area contributed by atoms with Gasteiger partial charge in [-0.15, -0.1) is 0 Å². The van der Waals surface area contributed by atoms with Crippen LogP contribution in [0.25, 0.3) is 0 Å². The van der Waals surface area contributed by atoms with Gasteiger partial charge in [0.2, 0.25) is 5.91 Å². The molecule has 2 aromatic carbocycles. The first kappa shape index (κ1) is 20.8. The Hall–Kier alpha value is -2.89. The quantitative estimate of drug-likeness (QED) is 0.774. The summed E-state index contributed by atoms with van der Waals surface area (Å²) < 4.78 is 19.6. The summed E-state index contributed by atoms with van der Waals surface area (Å²) in [6.07, 6.45) is 0.718. The molecule has 1 unspecified atom stereocenters. The topological polar surface area (TPSA) is 49.9 Å². The van der Waals surface area contributed by atoms with Crippen molar-refractivity contribution in [2.45, 2.75) is 39.3 Å². The summed E-state index contributed by atoms with van der Waals surface area (Å²) >= 11 is 0. The molecule has 0 fully saturated rings. The Labute approximate surface area is 171 Å². The number of carbonyl (C=O) groups excluding carboxylic acids is 2. The predicted molar refractivity (Wildman–Crippen MR) is 109 cm³/mol. The second-order valence-electron chi connectivity index (χ2n) is 7.67. The minimum Gasteiger partial charge on any atom is -0.484 e. The highest BCUT2D eigenvalue weighted by molar-refractivity contribution is 5.78. The number of likely N-dealkylation sites (N-methyl/N-ethyl adjacent to an activating group) is 1. The molecule has 1 heterocycles. The Balaban J connectivity index is 1.92. The first-order chi connectivity index (χ1) is 13.8. The molecule has 154 valence electrons. The number of hydrogen-bond acceptors (Lipinski definition) is 3. The van der Waals surface area contributed by atoms with Crippen molar-refractivity contribution >= 4 is 11.8 Å². The van der Waals surface area contributed by atoms with E-state index in [-0.39, 0.29) is 36.3 Å². The number of benzene rings is 2. The van der Waals surface area contributed by atoms with Crippen molar-refractivity contribution in [2.24, 2.45) is 0 Å². The molecule has 0 radical (unpaired) electrons. The molecule has 6 heteroatoms. The molecular weight excluding hydrogens is 371 g/mol. The molecule has 0 saturated heterocycles. The van der Waals surface area contributed by atoms with Gasteiger partial charge in [-0.1, -0.05) is 18.2 Å². The van der Waals surface area contributed by atoms with Crippen LogP contribution in [0.3, 0.4) is 0 Å². The highest BCUT2D eigenvalue weighted by atomic mass is 19.1. The Bertz CT molecular complexity index is 913. The lowest BCUT2D eigenvalue weighted by Crippen LogP contribution is -2.39. The van der Waals surface area contributed by atoms with Crippen LogP contribution < -0.4 is 4.74 Å². The zero-order chi connectivity index (χ0) is 21.1. The van der Waals surface area contributed by atoms with Crippen molar-refractivity contribution in [1.82, 2.24) is 9.80 Å². The van der Waals surface area contributed by atoms with E-state index in [1.807, 2.05) is 38.1 Å². The van der Waals surface area contributed by atoms with Crippen LogP contribution in [-0.4, -0.2) is 47.9 Å². The van der Waals surface area contributed by atoms with Crippen LogP contribution in [0.5, 0.6) is 5.75 Å². The second kappa shape index (κ2) is 8.64. The van der Waals surface area contributed by atoms with Gasteiger partial charge in [0, 0.05) is 26.6 Å². The fraction of sp³-hybridized carbons (Fsp3) is 0.391. The van der Waals surface area contributed by atoms with Gasteiger partial charge in [-0.05, 0) is 61.2 Å². The molecule has 0 bridgehead atoms. The molecule has 0 saturated carbocycles. The highest BCUT2D eigenvalue weighted by Crippen LogP contribution is 2.37. The van der Waals surface area contributed by atoms with Gasteiger partial charge in [0.05, 0.1) is 6.04 Å². The van der Waals surface area contributed by atoms with E-state index in [1.165, 1.54) is 19.1 Å². The minimum atomic E-state index is -0.385. The van der Waals surface area contributed by atoms with Crippen molar-refractivity contribution in [3.05, 3.63) is 65.0 Å². The lowest BCUT2D eigenvalue weighted by atomic mass is 9.88. The van der Waals surface area contributed by atoms with Crippen molar-refractivity contribution in [3.8, 4) is 5.75 Å². The zero-order valence-electron chi connectivity index (χ0n) is 17.3. The molecule has 1 aliphatic rings.